The highest BCUT2D eigenvalue weighted by atomic mass is 32.1. The van der Waals surface area contributed by atoms with Crippen molar-refractivity contribution in [3.05, 3.63) is 35.4 Å². The first-order valence-electron chi connectivity index (χ1n) is 9.26. The number of esters is 2. The lowest BCUT2D eigenvalue weighted by atomic mass is 9.94. The van der Waals surface area contributed by atoms with Crippen LogP contribution in [0.5, 0.6) is 0 Å². The summed E-state index contributed by atoms with van der Waals surface area (Å²) in [5, 5.41) is 0. The van der Waals surface area contributed by atoms with Gasteiger partial charge in [0.1, 0.15) is 12.1 Å². The van der Waals surface area contributed by atoms with E-state index in [2.05, 4.69) is 12.6 Å². The number of rotatable bonds is 11. The Bertz CT molecular complexity index is 609. The molecule has 6 nitrogen and oxygen atoms in total. The molecule has 0 amide bonds. The fourth-order valence-electron chi connectivity index (χ4n) is 2.47. The standard InChI is InChI=1S/C20H32N2O4S/c1-13(2)10-25-19(23)17(21)9-16-7-5-4-6-15(16)8-14(3)11-26-20(24)18(22)12-27/h4-7,13-14,17-18,27H,8-12,21-22H2,1-3H3/t14?,17-,18-/m0/s1. The smallest absolute Gasteiger partial charge is 0.323 e. The maximum Gasteiger partial charge on any atom is 0.323 e. The highest BCUT2D eigenvalue weighted by Crippen LogP contribution is 2.16. The van der Waals surface area contributed by atoms with Crippen LogP contribution in [0.25, 0.3) is 0 Å². The van der Waals surface area contributed by atoms with Crippen molar-refractivity contribution >= 4 is 24.6 Å². The zero-order valence-electron chi connectivity index (χ0n) is 16.4. The molecule has 0 aromatic heterocycles. The van der Waals surface area contributed by atoms with Gasteiger partial charge in [-0.3, -0.25) is 9.59 Å². The fourth-order valence-corrected chi connectivity index (χ4v) is 2.62. The second kappa shape index (κ2) is 12.0. The summed E-state index contributed by atoms with van der Waals surface area (Å²) >= 11 is 3.99. The summed E-state index contributed by atoms with van der Waals surface area (Å²) in [6.45, 7) is 6.59. The van der Waals surface area contributed by atoms with Gasteiger partial charge in [0.05, 0.1) is 13.2 Å². The lowest BCUT2D eigenvalue weighted by Crippen LogP contribution is -2.35. The maximum absolute atomic E-state index is 12.0. The van der Waals surface area contributed by atoms with Gasteiger partial charge in [0.2, 0.25) is 0 Å². The van der Waals surface area contributed by atoms with E-state index in [0.717, 1.165) is 11.1 Å². The van der Waals surface area contributed by atoms with Crippen molar-refractivity contribution in [3.63, 3.8) is 0 Å². The van der Waals surface area contributed by atoms with Crippen molar-refractivity contribution in [1.82, 2.24) is 0 Å². The third-order valence-electron chi connectivity index (χ3n) is 4.00. The van der Waals surface area contributed by atoms with Gasteiger partial charge in [-0.1, -0.05) is 45.0 Å². The Morgan fingerprint density at radius 3 is 2.00 bits per heavy atom. The molecule has 0 heterocycles. The third-order valence-corrected chi connectivity index (χ3v) is 4.39. The van der Waals surface area contributed by atoms with Crippen LogP contribution in [-0.4, -0.2) is 43.0 Å². The lowest BCUT2D eigenvalue weighted by molar-refractivity contribution is -0.147. The van der Waals surface area contributed by atoms with Gasteiger partial charge < -0.3 is 20.9 Å². The minimum absolute atomic E-state index is 0.103. The zero-order chi connectivity index (χ0) is 20.4. The molecule has 0 aliphatic rings. The molecule has 1 aromatic rings. The molecule has 7 heteroatoms. The summed E-state index contributed by atoms with van der Waals surface area (Å²) < 4.78 is 10.4. The van der Waals surface area contributed by atoms with Crippen LogP contribution in [0.2, 0.25) is 0 Å². The second-order valence-electron chi connectivity index (χ2n) is 7.33. The van der Waals surface area contributed by atoms with Crippen LogP contribution in [0.15, 0.2) is 24.3 Å². The number of nitrogens with two attached hydrogens (primary N) is 2. The molecule has 0 spiro atoms. The predicted molar refractivity (Wildman–Crippen MR) is 110 cm³/mol. The van der Waals surface area contributed by atoms with Crippen LogP contribution in [0, 0.1) is 11.8 Å². The molecule has 4 N–H and O–H groups in total. The number of benzene rings is 1. The minimum atomic E-state index is -0.706. The van der Waals surface area contributed by atoms with E-state index in [1.807, 2.05) is 45.0 Å². The van der Waals surface area contributed by atoms with Crippen molar-refractivity contribution in [1.29, 1.82) is 0 Å². The normalized spacial score (nSPS) is 14.5. The van der Waals surface area contributed by atoms with E-state index in [4.69, 9.17) is 20.9 Å². The summed E-state index contributed by atoms with van der Waals surface area (Å²) in [5.74, 6) is -0.207. The molecule has 0 radical (unpaired) electrons. The van der Waals surface area contributed by atoms with Gasteiger partial charge in [-0.05, 0) is 35.8 Å². The molecular weight excluding hydrogens is 364 g/mol. The van der Waals surface area contributed by atoms with Crippen LogP contribution in [-0.2, 0) is 31.9 Å². The number of hydrogen-bond acceptors (Lipinski definition) is 7. The Kier molecular flexibility index (Phi) is 10.4. The number of hydrogen-bond donors (Lipinski definition) is 3. The summed E-state index contributed by atoms with van der Waals surface area (Å²) in [7, 11) is 0. The van der Waals surface area contributed by atoms with Crippen LogP contribution in [0.3, 0.4) is 0 Å². The van der Waals surface area contributed by atoms with Crippen LogP contribution in [0.4, 0.5) is 0 Å². The molecule has 0 bridgehead atoms. The maximum atomic E-state index is 12.0. The molecule has 152 valence electrons. The number of ether oxygens (including phenoxy) is 2. The first-order valence-corrected chi connectivity index (χ1v) is 9.89. The molecule has 0 saturated heterocycles. The Labute approximate surface area is 167 Å². The van der Waals surface area contributed by atoms with Crippen molar-refractivity contribution < 1.29 is 19.1 Å². The Morgan fingerprint density at radius 1 is 0.926 bits per heavy atom. The van der Waals surface area contributed by atoms with Crippen LogP contribution in [0.1, 0.15) is 31.9 Å². The summed E-state index contributed by atoms with van der Waals surface area (Å²) in [4.78, 5) is 23.7. The van der Waals surface area contributed by atoms with Gasteiger partial charge in [0.15, 0.2) is 0 Å². The van der Waals surface area contributed by atoms with Gasteiger partial charge in [0, 0.05) is 5.75 Å². The van der Waals surface area contributed by atoms with Crippen LogP contribution < -0.4 is 11.5 Å². The quantitative estimate of drug-likeness (QED) is 0.389. The average molecular weight is 397 g/mol. The van der Waals surface area contributed by atoms with E-state index >= 15 is 0 Å². The Morgan fingerprint density at radius 2 is 1.44 bits per heavy atom. The van der Waals surface area contributed by atoms with Crippen molar-refractivity contribution in [2.75, 3.05) is 19.0 Å². The van der Waals surface area contributed by atoms with Crippen molar-refractivity contribution in [2.24, 2.45) is 23.3 Å². The van der Waals surface area contributed by atoms with Gasteiger partial charge in [-0.25, -0.2) is 0 Å². The molecule has 1 aromatic carbocycles. The van der Waals surface area contributed by atoms with Crippen LogP contribution >= 0.6 is 12.6 Å². The highest BCUT2D eigenvalue weighted by Gasteiger charge is 2.19. The van der Waals surface area contributed by atoms with E-state index in [0.29, 0.717) is 19.4 Å². The monoisotopic (exact) mass is 396 g/mol. The van der Waals surface area contributed by atoms with Crippen molar-refractivity contribution in [2.45, 2.75) is 45.7 Å². The third kappa shape index (κ3) is 8.77. The van der Waals surface area contributed by atoms with Gasteiger partial charge in [-0.2, -0.15) is 12.6 Å². The lowest BCUT2D eigenvalue weighted by Gasteiger charge is -2.18. The van der Waals surface area contributed by atoms with Gasteiger partial charge >= 0.3 is 11.9 Å². The molecule has 0 aliphatic carbocycles. The summed E-state index contributed by atoms with van der Waals surface area (Å²) in [6.07, 6.45) is 1.11. The minimum Gasteiger partial charge on any atom is -0.464 e. The predicted octanol–water partition coefficient (Wildman–Crippen LogP) is 1.73. The fraction of sp³-hybridized carbons (Fsp3) is 0.600. The highest BCUT2D eigenvalue weighted by molar-refractivity contribution is 7.80. The molecule has 3 atom stereocenters. The SMILES string of the molecule is CC(C)COC(=O)[C@@H](N)Cc1ccccc1CC(C)COC(=O)[C@@H](N)CS. The largest absolute Gasteiger partial charge is 0.464 e. The van der Waals surface area contributed by atoms with Gasteiger partial charge in [-0.15, -0.1) is 0 Å². The second-order valence-corrected chi connectivity index (χ2v) is 7.70. The molecule has 0 fully saturated rings. The first-order chi connectivity index (χ1) is 12.7. The molecule has 0 saturated carbocycles. The number of carbonyl (C=O) groups is 2. The zero-order valence-corrected chi connectivity index (χ0v) is 17.3. The summed E-state index contributed by atoms with van der Waals surface area (Å²) in [6, 6.07) is 6.41. The van der Waals surface area contributed by atoms with E-state index < -0.39 is 18.1 Å². The molecule has 0 aliphatic heterocycles. The van der Waals surface area contributed by atoms with Gasteiger partial charge in [0.25, 0.3) is 0 Å². The molecule has 1 rings (SSSR count). The molecule has 1 unspecified atom stereocenters. The number of thiol groups is 1. The van der Waals surface area contributed by atoms with Crippen molar-refractivity contribution in [3.8, 4) is 0 Å². The number of carbonyl (C=O) groups excluding carboxylic acids is 2. The van der Waals surface area contributed by atoms with E-state index in [9.17, 15) is 9.59 Å². The Hall–Kier alpha value is -1.57. The van der Waals surface area contributed by atoms with E-state index in [1.54, 1.807) is 0 Å². The topological polar surface area (TPSA) is 105 Å². The van der Waals surface area contributed by atoms with E-state index in [1.165, 1.54) is 0 Å². The molecule has 27 heavy (non-hydrogen) atoms. The van der Waals surface area contributed by atoms with E-state index in [-0.39, 0.29) is 30.2 Å². The first kappa shape index (κ1) is 23.5. The average Bonchev–Trinajstić information content (AvgIpc) is 2.64. The summed E-state index contributed by atoms with van der Waals surface area (Å²) in [5.41, 5.74) is 13.7. The molecular formula is C20H32N2O4S. The Balaban J connectivity index is 2.62.